The van der Waals surface area contributed by atoms with E-state index in [1.807, 2.05) is 6.07 Å². The molecule has 2 heterocycles. The van der Waals surface area contributed by atoms with E-state index in [9.17, 15) is 0 Å². The number of nitrogens with zero attached hydrogens (tertiary/aromatic N) is 4. The maximum atomic E-state index is 5.73. The van der Waals surface area contributed by atoms with Crippen molar-refractivity contribution in [3.8, 4) is 0 Å². The summed E-state index contributed by atoms with van der Waals surface area (Å²) in [7, 11) is 4.25. The third kappa shape index (κ3) is 3.54. The molecule has 0 aromatic carbocycles. The summed E-state index contributed by atoms with van der Waals surface area (Å²) in [6.07, 6.45) is 2.53. The van der Waals surface area contributed by atoms with Crippen LogP contribution in [0.5, 0.6) is 0 Å². The normalized spacial score (nSPS) is 18.3. The average Bonchev–Trinajstić information content (AvgIpc) is 2.33. The predicted octanol–water partition coefficient (Wildman–Crippen LogP) is 1.91. The van der Waals surface area contributed by atoms with Crippen LogP contribution in [-0.2, 0) is 0 Å². The lowest BCUT2D eigenvalue weighted by Gasteiger charge is -2.31. The molecule has 1 aliphatic rings. The molecular formula is C12H19ClN4. The van der Waals surface area contributed by atoms with Crippen LogP contribution < -0.4 is 4.90 Å². The molecule has 0 spiro atoms. The summed E-state index contributed by atoms with van der Waals surface area (Å²) >= 11 is 5.73. The second-order valence-electron chi connectivity index (χ2n) is 4.84. The van der Waals surface area contributed by atoms with Gasteiger partial charge in [-0.1, -0.05) is 11.6 Å². The van der Waals surface area contributed by atoms with E-state index < -0.39 is 0 Å². The van der Waals surface area contributed by atoms with Gasteiger partial charge in [0.1, 0.15) is 0 Å². The first-order chi connectivity index (χ1) is 8.15. The topological polar surface area (TPSA) is 32.3 Å². The highest BCUT2D eigenvalue weighted by Gasteiger charge is 2.18. The van der Waals surface area contributed by atoms with Crippen LogP contribution in [-0.4, -0.2) is 48.8 Å². The molecule has 0 unspecified atom stereocenters. The van der Waals surface area contributed by atoms with Crippen LogP contribution in [0.4, 0.5) is 5.82 Å². The molecule has 0 saturated carbocycles. The molecule has 4 nitrogen and oxygen atoms in total. The van der Waals surface area contributed by atoms with Crippen molar-refractivity contribution in [1.82, 2.24) is 15.1 Å². The van der Waals surface area contributed by atoms with Crippen LogP contribution in [0.1, 0.15) is 12.8 Å². The van der Waals surface area contributed by atoms with Gasteiger partial charge in [0.15, 0.2) is 11.0 Å². The van der Waals surface area contributed by atoms with Crippen molar-refractivity contribution in [2.45, 2.75) is 12.8 Å². The quantitative estimate of drug-likeness (QED) is 0.825. The monoisotopic (exact) mass is 254 g/mol. The Balaban J connectivity index is 1.88. The van der Waals surface area contributed by atoms with E-state index in [-0.39, 0.29) is 0 Å². The summed E-state index contributed by atoms with van der Waals surface area (Å²) < 4.78 is 0. The van der Waals surface area contributed by atoms with E-state index in [4.69, 9.17) is 11.6 Å². The van der Waals surface area contributed by atoms with Gasteiger partial charge < -0.3 is 9.80 Å². The second-order valence-corrected chi connectivity index (χ2v) is 5.23. The highest BCUT2D eigenvalue weighted by Crippen LogP contribution is 2.19. The SMILES string of the molecule is CN1CCC(CN(C)c2ccc(Cl)nn2)CC1. The number of piperidine rings is 1. The first-order valence-electron chi connectivity index (χ1n) is 6.04. The van der Waals surface area contributed by atoms with E-state index in [0.717, 1.165) is 18.3 Å². The zero-order chi connectivity index (χ0) is 12.3. The third-order valence-electron chi connectivity index (χ3n) is 3.38. The molecule has 1 aliphatic heterocycles. The summed E-state index contributed by atoms with van der Waals surface area (Å²) in [5.41, 5.74) is 0. The van der Waals surface area contributed by atoms with Crippen LogP contribution in [0.2, 0.25) is 5.15 Å². The molecular weight excluding hydrogens is 236 g/mol. The summed E-state index contributed by atoms with van der Waals surface area (Å²) in [6, 6.07) is 3.71. The zero-order valence-corrected chi connectivity index (χ0v) is 11.2. The molecule has 1 aromatic heterocycles. The Labute approximate surface area is 108 Å². The minimum Gasteiger partial charge on any atom is -0.358 e. The molecule has 0 N–H and O–H groups in total. The third-order valence-corrected chi connectivity index (χ3v) is 3.58. The van der Waals surface area contributed by atoms with Gasteiger partial charge >= 0.3 is 0 Å². The Morgan fingerprint density at radius 3 is 2.65 bits per heavy atom. The molecule has 0 amide bonds. The Bertz CT molecular complexity index is 346. The van der Waals surface area contributed by atoms with Gasteiger partial charge in [0.05, 0.1) is 0 Å². The minimum absolute atomic E-state index is 0.446. The average molecular weight is 255 g/mol. The van der Waals surface area contributed by atoms with Crippen molar-refractivity contribution in [1.29, 1.82) is 0 Å². The maximum Gasteiger partial charge on any atom is 0.151 e. The Morgan fingerprint density at radius 2 is 2.06 bits per heavy atom. The number of anilines is 1. The number of aromatic nitrogens is 2. The molecule has 94 valence electrons. The standard InChI is InChI=1S/C12H19ClN4/c1-16-7-5-10(6-8-16)9-17(2)12-4-3-11(13)14-15-12/h3-4,10H,5-9H2,1-2H3. The number of hydrogen-bond donors (Lipinski definition) is 0. The van der Waals surface area contributed by atoms with Gasteiger partial charge in [0.2, 0.25) is 0 Å². The molecule has 1 saturated heterocycles. The largest absolute Gasteiger partial charge is 0.358 e. The van der Waals surface area contributed by atoms with Crippen molar-refractivity contribution in [2.24, 2.45) is 5.92 Å². The van der Waals surface area contributed by atoms with E-state index in [0.29, 0.717) is 5.15 Å². The fourth-order valence-corrected chi connectivity index (χ4v) is 2.34. The summed E-state index contributed by atoms with van der Waals surface area (Å²) in [5, 5.41) is 8.41. The number of halogens is 1. The van der Waals surface area contributed by atoms with E-state index in [1.54, 1.807) is 6.07 Å². The van der Waals surface area contributed by atoms with E-state index >= 15 is 0 Å². The Hall–Kier alpha value is -0.870. The zero-order valence-electron chi connectivity index (χ0n) is 10.4. The van der Waals surface area contributed by atoms with Crippen molar-refractivity contribution >= 4 is 17.4 Å². The molecule has 2 rings (SSSR count). The second kappa shape index (κ2) is 5.65. The van der Waals surface area contributed by atoms with Crippen molar-refractivity contribution in [3.63, 3.8) is 0 Å². The number of likely N-dealkylation sites (tertiary alicyclic amines) is 1. The highest BCUT2D eigenvalue weighted by molar-refractivity contribution is 6.29. The van der Waals surface area contributed by atoms with Crippen LogP contribution >= 0.6 is 11.6 Å². The smallest absolute Gasteiger partial charge is 0.151 e. The van der Waals surface area contributed by atoms with Crippen LogP contribution in [0.25, 0.3) is 0 Å². The van der Waals surface area contributed by atoms with E-state index in [2.05, 4.69) is 34.1 Å². The molecule has 5 heteroatoms. The molecule has 1 fully saturated rings. The van der Waals surface area contributed by atoms with Gasteiger partial charge in [-0.2, -0.15) is 0 Å². The number of hydrogen-bond acceptors (Lipinski definition) is 4. The van der Waals surface area contributed by atoms with Crippen LogP contribution in [0.3, 0.4) is 0 Å². The Kier molecular flexibility index (Phi) is 4.18. The molecule has 0 aliphatic carbocycles. The fourth-order valence-electron chi connectivity index (χ4n) is 2.24. The highest BCUT2D eigenvalue weighted by atomic mass is 35.5. The van der Waals surface area contributed by atoms with Crippen LogP contribution in [0, 0.1) is 5.92 Å². The van der Waals surface area contributed by atoms with Gasteiger partial charge in [0.25, 0.3) is 0 Å². The maximum absolute atomic E-state index is 5.73. The molecule has 0 radical (unpaired) electrons. The summed E-state index contributed by atoms with van der Waals surface area (Å²) in [4.78, 5) is 4.55. The van der Waals surface area contributed by atoms with Crippen molar-refractivity contribution < 1.29 is 0 Å². The summed E-state index contributed by atoms with van der Waals surface area (Å²) in [6.45, 7) is 3.44. The lowest BCUT2D eigenvalue weighted by molar-refractivity contribution is 0.222. The Morgan fingerprint density at radius 1 is 1.35 bits per heavy atom. The lowest BCUT2D eigenvalue weighted by atomic mass is 9.97. The molecule has 0 atom stereocenters. The lowest BCUT2D eigenvalue weighted by Crippen LogP contribution is -2.36. The van der Waals surface area contributed by atoms with Crippen molar-refractivity contribution in [3.05, 3.63) is 17.3 Å². The fraction of sp³-hybridized carbons (Fsp3) is 0.667. The minimum atomic E-state index is 0.446. The van der Waals surface area contributed by atoms with Crippen molar-refractivity contribution in [2.75, 3.05) is 38.6 Å². The molecule has 17 heavy (non-hydrogen) atoms. The van der Waals surface area contributed by atoms with E-state index in [1.165, 1.54) is 25.9 Å². The van der Waals surface area contributed by atoms with Gasteiger partial charge in [-0.3, -0.25) is 0 Å². The first-order valence-corrected chi connectivity index (χ1v) is 6.42. The number of rotatable bonds is 3. The summed E-state index contributed by atoms with van der Waals surface area (Å²) in [5.74, 6) is 1.65. The van der Waals surface area contributed by atoms with Gasteiger partial charge in [0, 0.05) is 13.6 Å². The first kappa shape index (κ1) is 12.6. The van der Waals surface area contributed by atoms with Gasteiger partial charge in [-0.15, -0.1) is 10.2 Å². The van der Waals surface area contributed by atoms with Crippen LogP contribution in [0.15, 0.2) is 12.1 Å². The molecule has 0 bridgehead atoms. The van der Waals surface area contributed by atoms with Gasteiger partial charge in [-0.05, 0) is 51.0 Å². The molecule has 1 aromatic rings. The van der Waals surface area contributed by atoms with Gasteiger partial charge in [-0.25, -0.2) is 0 Å². The predicted molar refractivity (Wildman–Crippen MR) is 70.5 cm³/mol.